The predicted octanol–water partition coefficient (Wildman–Crippen LogP) is 3.35. The molecule has 0 spiro atoms. The summed E-state index contributed by atoms with van der Waals surface area (Å²) in [5, 5.41) is 14.3. The van der Waals surface area contributed by atoms with Gasteiger partial charge in [-0.15, -0.1) is 0 Å². The van der Waals surface area contributed by atoms with Crippen LogP contribution in [0.4, 0.5) is 0 Å². The van der Waals surface area contributed by atoms with Gasteiger partial charge >= 0.3 is 0 Å². The molecule has 0 heterocycles. The lowest BCUT2D eigenvalue weighted by Gasteiger charge is -2.24. The number of hydrogen-bond donors (Lipinski definition) is 2. The maximum atomic E-state index is 10.5. The minimum atomic E-state index is -0.905. The second-order valence-electron chi connectivity index (χ2n) is 5.21. The predicted molar refractivity (Wildman–Crippen MR) is 85.7 cm³/mol. The zero-order chi connectivity index (χ0) is 15.3. The molecule has 0 bridgehead atoms. The zero-order valence-electron chi connectivity index (χ0n) is 12.3. The molecule has 0 amide bonds. The smallest absolute Gasteiger partial charge is 0.137 e. The lowest BCUT2D eigenvalue weighted by Crippen LogP contribution is -2.35. The Kier molecular flexibility index (Phi) is 5.23. The van der Waals surface area contributed by atoms with E-state index in [2.05, 4.69) is 5.32 Å². The highest BCUT2D eigenvalue weighted by Crippen LogP contribution is 2.25. The van der Waals surface area contributed by atoms with Crippen molar-refractivity contribution in [2.75, 3.05) is 13.7 Å². The summed E-state index contributed by atoms with van der Waals surface area (Å²) in [6.07, 6.45) is 0. The van der Waals surface area contributed by atoms with Gasteiger partial charge in [-0.25, -0.2) is 0 Å². The second-order valence-corrected chi connectivity index (χ2v) is 5.62. The topological polar surface area (TPSA) is 41.5 Å². The van der Waals surface area contributed by atoms with Gasteiger partial charge in [0.25, 0.3) is 0 Å². The summed E-state index contributed by atoms with van der Waals surface area (Å²) in [5.41, 5.74) is 1.03. The van der Waals surface area contributed by atoms with Crippen molar-refractivity contribution in [3.8, 4) is 5.75 Å². The number of nitrogens with one attached hydrogen (secondary N) is 1. The maximum Gasteiger partial charge on any atom is 0.137 e. The molecule has 2 rings (SSSR count). The van der Waals surface area contributed by atoms with Crippen molar-refractivity contribution in [1.82, 2.24) is 5.32 Å². The third-order valence-electron chi connectivity index (χ3n) is 3.41. The molecule has 0 aliphatic carbocycles. The Morgan fingerprint density at radius 2 is 1.90 bits per heavy atom. The van der Waals surface area contributed by atoms with Gasteiger partial charge in [-0.1, -0.05) is 48.0 Å². The Hall–Kier alpha value is -1.55. The Bertz CT molecular complexity index is 585. The molecule has 3 nitrogen and oxygen atoms in total. The first-order valence-corrected chi connectivity index (χ1v) is 7.22. The van der Waals surface area contributed by atoms with Crippen molar-refractivity contribution >= 4 is 11.6 Å². The van der Waals surface area contributed by atoms with Gasteiger partial charge in [-0.3, -0.25) is 0 Å². The first kappa shape index (κ1) is 15.8. The summed E-state index contributed by atoms with van der Waals surface area (Å²) in [7, 11) is 1.59. The van der Waals surface area contributed by atoms with Crippen LogP contribution in [0.3, 0.4) is 0 Å². The number of aliphatic hydroxyl groups is 1. The molecule has 112 valence electrons. The van der Waals surface area contributed by atoms with Crippen LogP contribution in [0.25, 0.3) is 0 Å². The highest BCUT2D eigenvalue weighted by Gasteiger charge is 2.21. The number of hydrogen-bond acceptors (Lipinski definition) is 3. The van der Waals surface area contributed by atoms with E-state index in [1.807, 2.05) is 48.5 Å². The van der Waals surface area contributed by atoms with E-state index in [1.54, 1.807) is 14.0 Å². The highest BCUT2D eigenvalue weighted by atomic mass is 35.5. The van der Waals surface area contributed by atoms with Crippen LogP contribution in [0.15, 0.2) is 48.5 Å². The van der Waals surface area contributed by atoms with Crippen molar-refractivity contribution in [1.29, 1.82) is 0 Å². The van der Waals surface area contributed by atoms with Crippen LogP contribution in [0, 0.1) is 0 Å². The molecule has 0 fully saturated rings. The van der Waals surface area contributed by atoms with Crippen LogP contribution in [0.2, 0.25) is 5.02 Å². The molecule has 1 unspecified atom stereocenters. The molecular formula is C17H20ClNO2. The van der Waals surface area contributed by atoms with Crippen LogP contribution in [0.5, 0.6) is 5.75 Å². The van der Waals surface area contributed by atoms with Crippen LogP contribution >= 0.6 is 11.6 Å². The van der Waals surface area contributed by atoms with Crippen LogP contribution in [0.1, 0.15) is 18.1 Å². The molecule has 0 saturated heterocycles. The minimum absolute atomic E-state index is 0.459. The standard InChI is InChI=1S/C17H20ClNO2/c1-17(20,14-6-4-3-5-7-14)12-19-11-13-8-9-16(21-2)15(18)10-13/h3-10,19-20H,11-12H2,1-2H3. The summed E-state index contributed by atoms with van der Waals surface area (Å²) in [6, 6.07) is 15.3. The molecule has 2 aromatic carbocycles. The van der Waals surface area contributed by atoms with Gasteiger partial charge in [0.05, 0.1) is 17.7 Å². The van der Waals surface area contributed by atoms with Crippen molar-refractivity contribution < 1.29 is 9.84 Å². The van der Waals surface area contributed by atoms with E-state index in [1.165, 1.54) is 0 Å². The van der Waals surface area contributed by atoms with Crippen LogP contribution in [-0.2, 0) is 12.1 Å². The Morgan fingerprint density at radius 1 is 1.19 bits per heavy atom. The normalized spacial score (nSPS) is 13.7. The lowest BCUT2D eigenvalue weighted by molar-refractivity contribution is 0.0567. The van der Waals surface area contributed by atoms with Crippen LogP contribution < -0.4 is 10.1 Å². The number of benzene rings is 2. The summed E-state index contributed by atoms with van der Waals surface area (Å²) in [4.78, 5) is 0. The molecule has 0 radical (unpaired) electrons. The number of halogens is 1. The molecule has 2 N–H and O–H groups in total. The SMILES string of the molecule is COc1ccc(CNCC(C)(O)c2ccccc2)cc1Cl. The minimum Gasteiger partial charge on any atom is -0.495 e. The van der Waals surface area contributed by atoms with Crippen molar-refractivity contribution in [3.05, 3.63) is 64.7 Å². The third kappa shape index (κ3) is 4.21. The molecule has 0 aromatic heterocycles. The molecule has 0 saturated carbocycles. The summed E-state index contributed by atoms with van der Waals surface area (Å²) >= 11 is 6.09. The van der Waals surface area contributed by atoms with Gasteiger partial charge in [-0.2, -0.15) is 0 Å². The molecule has 2 aromatic rings. The Balaban J connectivity index is 1.93. The van der Waals surface area contributed by atoms with Gasteiger partial charge in [0, 0.05) is 13.1 Å². The van der Waals surface area contributed by atoms with Gasteiger partial charge in [0.15, 0.2) is 0 Å². The fourth-order valence-electron chi connectivity index (χ4n) is 2.17. The van der Waals surface area contributed by atoms with Crippen LogP contribution in [-0.4, -0.2) is 18.8 Å². The lowest BCUT2D eigenvalue weighted by atomic mass is 9.96. The number of ether oxygens (including phenoxy) is 1. The molecule has 1 atom stereocenters. The van der Waals surface area contributed by atoms with E-state index >= 15 is 0 Å². The first-order valence-electron chi connectivity index (χ1n) is 6.84. The van der Waals surface area contributed by atoms with Gasteiger partial charge in [0.1, 0.15) is 5.75 Å². The van der Waals surface area contributed by atoms with Gasteiger partial charge in [0.2, 0.25) is 0 Å². The summed E-state index contributed by atoms with van der Waals surface area (Å²) < 4.78 is 5.12. The van der Waals surface area contributed by atoms with E-state index in [0.29, 0.717) is 23.9 Å². The third-order valence-corrected chi connectivity index (χ3v) is 3.71. The van der Waals surface area contributed by atoms with Gasteiger partial charge < -0.3 is 15.2 Å². The molecule has 0 aliphatic heterocycles. The monoisotopic (exact) mass is 305 g/mol. The maximum absolute atomic E-state index is 10.5. The summed E-state index contributed by atoms with van der Waals surface area (Å²) in [5.74, 6) is 0.664. The highest BCUT2D eigenvalue weighted by molar-refractivity contribution is 6.32. The van der Waals surface area contributed by atoms with Crippen molar-refractivity contribution in [2.24, 2.45) is 0 Å². The van der Waals surface area contributed by atoms with E-state index in [0.717, 1.165) is 11.1 Å². The Labute approximate surface area is 130 Å². The van der Waals surface area contributed by atoms with E-state index in [-0.39, 0.29) is 0 Å². The zero-order valence-corrected chi connectivity index (χ0v) is 13.0. The molecule has 21 heavy (non-hydrogen) atoms. The van der Waals surface area contributed by atoms with Crippen molar-refractivity contribution in [2.45, 2.75) is 19.1 Å². The quantitative estimate of drug-likeness (QED) is 0.860. The second kappa shape index (κ2) is 6.94. The first-order chi connectivity index (χ1) is 10.0. The fraction of sp³-hybridized carbons (Fsp3) is 0.294. The molecule has 4 heteroatoms. The fourth-order valence-corrected chi connectivity index (χ4v) is 2.45. The van der Waals surface area contributed by atoms with E-state index < -0.39 is 5.60 Å². The summed E-state index contributed by atoms with van der Waals surface area (Å²) in [6.45, 7) is 2.89. The van der Waals surface area contributed by atoms with Gasteiger partial charge in [-0.05, 0) is 30.2 Å². The molecule has 0 aliphatic rings. The average molecular weight is 306 g/mol. The molecular weight excluding hydrogens is 286 g/mol. The van der Waals surface area contributed by atoms with E-state index in [9.17, 15) is 5.11 Å². The number of rotatable bonds is 6. The number of methoxy groups -OCH3 is 1. The largest absolute Gasteiger partial charge is 0.495 e. The van der Waals surface area contributed by atoms with E-state index in [4.69, 9.17) is 16.3 Å². The average Bonchev–Trinajstić information content (AvgIpc) is 2.48. The Morgan fingerprint density at radius 3 is 2.52 bits per heavy atom. The van der Waals surface area contributed by atoms with Crippen molar-refractivity contribution in [3.63, 3.8) is 0 Å².